The number of piperazine rings is 1. The summed E-state index contributed by atoms with van der Waals surface area (Å²) in [6.45, 7) is 13.5. The van der Waals surface area contributed by atoms with Crippen LogP contribution in [0.25, 0.3) is 0 Å². The maximum absolute atomic E-state index is 5.66. The van der Waals surface area contributed by atoms with Gasteiger partial charge in [-0.05, 0) is 32.1 Å². The molecule has 0 spiro atoms. The molecule has 3 heteroatoms. The second-order valence-corrected chi connectivity index (χ2v) is 6.75. The van der Waals surface area contributed by atoms with Crippen molar-refractivity contribution in [1.29, 1.82) is 0 Å². The highest BCUT2D eigenvalue weighted by molar-refractivity contribution is 4.98. The van der Waals surface area contributed by atoms with Gasteiger partial charge < -0.3 is 10.1 Å². The highest BCUT2D eigenvalue weighted by Crippen LogP contribution is 2.30. The van der Waals surface area contributed by atoms with Crippen LogP contribution in [0.1, 0.15) is 47.0 Å². The lowest BCUT2D eigenvalue weighted by molar-refractivity contribution is 0.00789. The summed E-state index contributed by atoms with van der Waals surface area (Å²) in [5.74, 6) is 0.773. The summed E-state index contributed by atoms with van der Waals surface area (Å²) in [6, 6.07) is 1.34. The van der Waals surface area contributed by atoms with Gasteiger partial charge in [0.15, 0.2) is 0 Å². The van der Waals surface area contributed by atoms with Crippen molar-refractivity contribution in [1.82, 2.24) is 10.2 Å². The first-order chi connectivity index (χ1) is 8.55. The summed E-state index contributed by atoms with van der Waals surface area (Å²) >= 11 is 0. The zero-order valence-electron chi connectivity index (χ0n) is 12.5. The molecule has 0 aromatic rings. The van der Waals surface area contributed by atoms with Crippen molar-refractivity contribution in [3.8, 4) is 0 Å². The van der Waals surface area contributed by atoms with Gasteiger partial charge >= 0.3 is 0 Å². The van der Waals surface area contributed by atoms with Crippen LogP contribution in [0.4, 0.5) is 0 Å². The molecule has 0 amide bonds. The van der Waals surface area contributed by atoms with Gasteiger partial charge in [-0.2, -0.15) is 0 Å². The molecule has 2 rings (SSSR count). The van der Waals surface area contributed by atoms with E-state index in [-0.39, 0.29) is 5.54 Å². The van der Waals surface area contributed by atoms with Crippen LogP contribution >= 0.6 is 0 Å². The lowest BCUT2D eigenvalue weighted by atomic mass is 9.91. The summed E-state index contributed by atoms with van der Waals surface area (Å²) in [7, 11) is 0. The number of nitrogens with one attached hydrogen (secondary N) is 1. The molecule has 106 valence electrons. The molecule has 0 aromatic carbocycles. The van der Waals surface area contributed by atoms with E-state index < -0.39 is 0 Å². The first-order valence-electron chi connectivity index (χ1n) is 7.63. The maximum Gasteiger partial charge on any atom is 0.0648 e. The van der Waals surface area contributed by atoms with Gasteiger partial charge in [0.25, 0.3) is 0 Å². The predicted octanol–water partition coefficient (Wildman–Crippen LogP) is 2.26. The van der Waals surface area contributed by atoms with Gasteiger partial charge in [0, 0.05) is 37.3 Å². The zero-order valence-corrected chi connectivity index (χ0v) is 12.5. The minimum atomic E-state index is 0.276. The largest absolute Gasteiger partial charge is 0.379 e. The smallest absolute Gasteiger partial charge is 0.0648 e. The van der Waals surface area contributed by atoms with E-state index in [1.54, 1.807) is 0 Å². The van der Waals surface area contributed by atoms with Crippen molar-refractivity contribution < 1.29 is 4.74 Å². The Morgan fingerprint density at radius 1 is 1.44 bits per heavy atom. The molecule has 2 heterocycles. The van der Waals surface area contributed by atoms with Crippen LogP contribution in [-0.4, -0.2) is 48.8 Å². The molecule has 3 unspecified atom stereocenters. The van der Waals surface area contributed by atoms with Gasteiger partial charge in [0.2, 0.25) is 0 Å². The average Bonchev–Trinajstić information content (AvgIpc) is 2.76. The molecule has 18 heavy (non-hydrogen) atoms. The van der Waals surface area contributed by atoms with Crippen LogP contribution in [-0.2, 0) is 4.74 Å². The van der Waals surface area contributed by atoms with Crippen LogP contribution in [0.2, 0.25) is 0 Å². The third kappa shape index (κ3) is 3.06. The molecule has 2 aliphatic rings. The van der Waals surface area contributed by atoms with E-state index >= 15 is 0 Å². The lowest BCUT2D eigenvalue weighted by Gasteiger charge is -2.48. The Balaban J connectivity index is 2.03. The van der Waals surface area contributed by atoms with E-state index in [4.69, 9.17) is 4.74 Å². The van der Waals surface area contributed by atoms with Gasteiger partial charge in [-0.1, -0.05) is 20.8 Å². The van der Waals surface area contributed by atoms with Crippen LogP contribution < -0.4 is 5.32 Å². The molecule has 2 fully saturated rings. The van der Waals surface area contributed by atoms with E-state index in [9.17, 15) is 0 Å². The molecule has 2 aliphatic heterocycles. The number of hydrogen-bond donors (Lipinski definition) is 1. The molecule has 1 N–H and O–H groups in total. The van der Waals surface area contributed by atoms with Crippen molar-refractivity contribution in [2.24, 2.45) is 5.92 Å². The van der Waals surface area contributed by atoms with E-state index in [1.165, 1.54) is 25.8 Å². The third-order valence-corrected chi connectivity index (χ3v) is 4.62. The molecular formula is C15H30N2O. The summed E-state index contributed by atoms with van der Waals surface area (Å²) in [5.41, 5.74) is 0.276. The summed E-state index contributed by atoms with van der Waals surface area (Å²) in [4.78, 5) is 2.74. The van der Waals surface area contributed by atoms with Crippen LogP contribution in [0.5, 0.6) is 0 Å². The molecule has 0 saturated carbocycles. The second kappa shape index (κ2) is 5.89. The molecule has 0 aliphatic carbocycles. The van der Waals surface area contributed by atoms with Gasteiger partial charge in [0.05, 0.1) is 6.61 Å². The molecule has 0 aromatic heterocycles. The first kappa shape index (κ1) is 14.3. The lowest BCUT2D eigenvalue weighted by Crippen LogP contribution is -2.63. The standard InChI is InChI=1S/C15H30N2O/c1-5-14-9-16-13(8-12(2)3)10-17(14)15(4)6-7-18-11-15/h12-14,16H,5-11H2,1-4H3. The Bertz CT molecular complexity index is 261. The number of ether oxygens (including phenoxy) is 1. The monoisotopic (exact) mass is 254 g/mol. The summed E-state index contributed by atoms with van der Waals surface area (Å²) in [5, 5.41) is 3.74. The van der Waals surface area contributed by atoms with Crippen LogP contribution in [0, 0.1) is 5.92 Å². The van der Waals surface area contributed by atoms with Crippen molar-refractivity contribution in [3.05, 3.63) is 0 Å². The zero-order chi connectivity index (χ0) is 13.2. The minimum Gasteiger partial charge on any atom is -0.379 e. The van der Waals surface area contributed by atoms with E-state index in [0.717, 1.165) is 25.7 Å². The highest BCUT2D eigenvalue weighted by Gasteiger charge is 2.42. The molecule has 3 atom stereocenters. The van der Waals surface area contributed by atoms with E-state index in [2.05, 4.69) is 37.9 Å². The number of nitrogens with zero attached hydrogens (tertiary/aromatic N) is 1. The van der Waals surface area contributed by atoms with Gasteiger partial charge in [-0.25, -0.2) is 0 Å². The summed E-state index contributed by atoms with van der Waals surface area (Å²) in [6.07, 6.45) is 3.71. The molecule has 2 saturated heterocycles. The molecular weight excluding hydrogens is 224 g/mol. The van der Waals surface area contributed by atoms with Crippen molar-refractivity contribution in [3.63, 3.8) is 0 Å². The fourth-order valence-electron chi connectivity index (χ4n) is 3.50. The van der Waals surface area contributed by atoms with Crippen molar-refractivity contribution in [2.45, 2.75) is 64.6 Å². The Kier molecular flexibility index (Phi) is 4.68. The third-order valence-electron chi connectivity index (χ3n) is 4.62. The average molecular weight is 254 g/mol. The fraction of sp³-hybridized carbons (Fsp3) is 1.00. The Hall–Kier alpha value is -0.120. The van der Waals surface area contributed by atoms with Crippen molar-refractivity contribution >= 4 is 0 Å². The predicted molar refractivity (Wildman–Crippen MR) is 75.9 cm³/mol. The Morgan fingerprint density at radius 2 is 2.22 bits per heavy atom. The van der Waals surface area contributed by atoms with Crippen molar-refractivity contribution in [2.75, 3.05) is 26.3 Å². The van der Waals surface area contributed by atoms with Gasteiger partial charge in [-0.15, -0.1) is 0 Å². The fourth-order valence-corrected chi connectivity index (χ4v) is 3.50. The van der Waals surface area contributed by atoms with Gasteiger partial charge in [-0.3, -0.25) is 4.90 Å². The topological polar surface area (TPSA) is 24.5 Å². The Morgan fingerprint density at radius 3 is 2.78 bits per heavy atom. The quantitative estimate of drug-likeness (QED) is 0.833. The summed E-state index contributed by atoms with van der Waals surface area (Å²) < 4.78 is 5.66. The minimum absolute atomic E-state index is 0.276. The Labute approximate surface area is 112 Å². The number of hydrogen-bond acceptors (Lipinski definition) is 3. The van der Waals surface area contributed by atoms with Crippen LogP contribution in [0.3, 0.4) is 0 Å². The van der Waals surface area contributed by atoms with Gasteiger partial charge in [0.1, 0.15) is 0 Å². The molecule has 0 bridgehead atoms. The van der Waals surface area contributed by atoms with E-state index in [0.29, 0.717) is 12.1 Å². The normalized spacial score (nSPS) is 38.5. The SMILES string of the molecule is CCC1CNC(CC(C)C)CN1C1(C)CCOC1. The van der Waals surface area contributed by atoms with Crippen LogP contribution in [0.15, 0.2) is 0 Å². The first-order valence-corrected chi connectivity index (χ1v) is 7.63. The molecule has 3 nitrogen and oxygen atoms in total. The maximum atomic E-state index is 5.66. The van der Waals surface area contributed by atoms with E-state index in [1.807, 2.05) is 0 Å². The molecule has 0 radical (unpaired) electrons. The number of rotatable bonds is 4. The second-order valence-electron chi connectivity index (χ2n) is 6.75. The highest BCUT2D eigenvalue weighted by atomic mass is 16.5.